The second kappa shape index (κ2) is 3.96. The van der Waals surface area contributed by atoms with Crippen molar-refractivity contribution in [3.63, 3.8) is 0 Å². The van der Waals surface area contributed by atoms with E-state index in [0.29, 0.717) is 0 Å². The van der Waals surface area contributed by atoms with Gasteiger partial charge in [0, 0.05) is 18.9 Å². The van der Waals surface area contributed by atoms with Crippen LogP contribution >= 0.6 is 0 Å². The van der Waals surface area contributed by atoms with Crippen molar-refractivity contribution in [2.45, 2.75) is 38.8 Å². The van der Waals surface area contributed by atoms with Crippen LogP contribution in [0.3, 0.4) is 0 Å². The van der Waals surface area contributed by atoms with Crippen LogP contribution in [0.2, 0.25) is 0 Å². The number of aliphatic hydroxyl groups is 1. The summed E-state index contributed by atoms with van der Waals surface area (Å²) in [5.74, 6) is 1.02. The number of rotatable bonds is 2. The van der Waals surface area contributed by atoms with Gasteiger partial charge in [-0.2, -0.15) is 0 Å². The highest BCUT2D eigenvalue weighted by molar-refractivity contribution is 5.61. The Morgan fingerprint density at radius 1 is 1.64 bits per heavy atom. The highest BCUT2D eigenvalue weighted by Crippen LogP contribution is 2.25. The van der Waals surface area contributed by atoms with Gasteiger partial charge in [0.05, 0.1) is 6.10 Å². The maximum absolute atomic E-state index is 9.53. The molecule has 0 amide bonds. The average Bonchev–Trinajstić information content (AvgIpc) is 2.65. The molecule has 1 unspecified atom stereocenters. The Bertz CT molecular complexity index is 341. The molecule has 3 nitrogen and oxygen atoms in total. The summed E-state index contributed by atoms with van der Waals surface area (Å²) in [6, 6.07) is 0. The lowest BCUT2D eigenvalue weighted by Crippen LogP contribution is -2.11. The molecule has 0 saturated carbocycles. The monoisotopic (exact) mass is 192 g/mol. The van der Waals surface area contributed by atoms with E-state index in [0.717, 1.165) is 31.6 Å². The number of aromatic nitrogens is 2. The Morgan fingerprint density at radius 2 is 2.50 bits per heavy atom. The van der Waals surface area contributed by atoms with E-state index in [9.17, 15) is 5.11 Å². The third-order valence-corrected chi connectivity index (χ3v) is 2.68. The molecule has 0 radical (unpaired) electrons. The number of hydrogen-bond acceptors (Lipinski definition) is 2. The highest BCUT2D eigenvalue weighted by atomic mass is 16.3. The first-order valence-electron chi connectivity index (χ1n) is 5.21. The molecule has 76 valence electrons. The number of hydrogen-bond donors (Lipinski definition) is 1. The van der Waals surface area contributed by atoms with Gasteiger partial charge in [0.1, 0.15) is 5.82 Å². The van der Waals surface area contributed by atoms with E-state index >= 15 is 0 Å². The maximum atomic E-state index is 9.53. The second-order valence-corrected chi connectivity index (χ2v) is 3.69. The first-order chi connectivity index (χ1) is 6.81. The van der Waals surface area contributed by atoms with Gasteiger partial charge in [0.15, 0.2) is 0 Å². The molecule has 0 fully saturated rings. The highest BCUT2D eigenvalue weighted by Gasteiger charge is 2.15. The van der Waals surface area contributed by atoms with Gasteiger partial charge in [0.2, 0.25) is 0 Å². The van der Waals surface area contributed by atoms with Crippen molar-refractivity contribution < 1.29 is 5.11 Å². The first-order valence-corrected chi connectivity index (χ1v) is 5.21. The van der Waals surface area contributed by atoms with Crippen LogP contribution in [-0.2, 0) is 6.54 Å². The summed E-state index contributed by atoms with van der Waals surface area (Å²) in [5, 5.41) is 9.53. The van der Waals surface area contributed by atoms with E-state index in [2.05, 4.69) is 16.5 Å². The summed E-state index contributed by atoms with van der Waals surface area (Å²) in [7, 11) is 0. The number of imidazole rings is 1. The van der Waals surface area contributed by atoms with Crippen molar-refractivity contribution in [3.8, 4) is 0 Å². The van der Waals surface area contributed by atoms with Crippen LogP contribution in [0, 0.1) is 0 Å². The zero-order chi connectivity index (χ0) is 9.97. The summed E-state index contributed by atoms with van der Waals surface area (Å²) >= 11 is 0. The fourth-order valence-electron chi connectivity index (χ4n) is 1.94. The van der Waals surface area contributed by atoms with Gasteiger partial charge < -0.3 is 9.67 Å². The lowest BCUT2D eigenvalue weighted by molar-refractivity contribution is 0.206. The Balaban J connectivity index is 2.29. The largest absolute Gasteiger partial charge is 0.389 e. The van der Waals surface area contributed by atoms with Crippen LogP contribution in [0.5, 0.6) is 0 Å². The number of aryl methyl sites for hydroxylation is 1. The van der Waals surface area contributed by atoms with Crippen molar-refractivity contribution in [2.24, 2.45) is 0 Å². The molecular formula is C11H16N2O. The molecule has 0 aliphatic heterocycles. The molecule has 1 aliphatic carbocycles. The summed E-state index contributed by atoms with van der Waals surface area (Å²) in [6.45, 7) is 3.04. The van der Waals surface area contributed by atoms with Crippen LogP contribution in [0.4, 0.5) is 0 Å². The molecule has 3 heteroatoms. The van der Waals surface area contributed by atoms with Crippen LogP contribution in [-0.4, -0.2) is 20.8 Å². The van der Waals surface area contributed by atoms with Crippen molar-refractivity contribution in [1.82, 2.24) is 9.55 Å². The van der Waals surface area contributed by atoms with Crippen molar-refractivity contribution >= 4 is 5.57 Å². The minimum Gasteiger partial charge on any atom is -0.389 e. The maximum Gasteiger partial charge on any atom is 0.135 e. The topological polar surface area (TPSA) is 38.0 Å². The smallest absolute Gasteiger partial charge is 0.135 e. The summed E-state index contributed by atoms with van der Waals surface area (Å²) < 4.78 is 2.11. The third kappa shape index (κ3) is 1.73. The minimum atomic E-state index is -0.277. The summed E-state index contributed by atoms with van der Waals surface area (Å²) in [4.78, 5) is 4.33. The van der Waals surface area contributed by atoms with Crippen molar-refractivity contribution in [2.75, 3.05) is 0 Å². The minimum absolute atomic E-state index is 0.277. The van der Waals surface area contributed by atoms with Gasteiger partial charge in [-0.15, -0.1) is 0 Å². The van der Waals surface area contributed by atoms with E-state index in [1.165, 1.54) is 5.57 Å². The van der Waals surface area contributed by atoms with Crippen molar-refractivity contribution in [1.29, 1.82) is 0 Å². The Hall–Kier alpha value is -1.09. The molecule has 1 heterocycles. The molecule has 1 N–H and O–H groups in total. The number of nitrogens with zero attached hydrogens (tertiary/aromatic N) is 2. The van der Waals surface area contributed by atoms with Crippen molar-refractivity contribution in [3.05, 3.63) is 24.3 Å². The summed E-state index contributed by atoms with van der Waals surface area (Å²) in [5.41, 5.74) is 1.19. The standard InChI is InChI=1S/C11H16N2O/c1-2-13-7-6-12-11(13)9-4-3-5-10(14)8-9/h6-8,10,14H,2-5H2,1H3. The van der Waals surface area contributed by atoms with E-state index in [-0.39, 0.29) is 6.10 Å². The second-order valence-electron chi connectivity index (χ2n) is 3.69. The fourth-order valence-corrected chi connectivity index (χ4v) is 1.94. The fraction of sp³-hybridized carbons (Fsp3) is 0.545. The Morgan fingerprint density at radius 3 is 3.21 bits per heavy atom. The van der Waals surface area contributed by atoms with Gasteiger partial charge in [-0.05, 0) is 37.8 Å². The molecule has 0 aromatic carbocycles. The third-order valence-electron chi connectivity index (χ3n) is 2.68. The zero-order valence-corrected chi connectivity index (χ0v) is 8.48. The van der Waals surface area contributed by atoms with E-state index < -0.39 is 0 Å². The molecule has 1 aromatic rings. The van der Waals surface area contributed by atoms with Crippen LogP contribution in [0.15, 0.2) is 18.5 Å². The molecule has 0 spiro atoms. The van der Waals surface area contributed by atoms with Gasteiger partial charge in [-0.3, -0.25) is 0 Å². The van der Waals surface area contributed by atoms with Gasteiger partial charge >= 0.3 is 0 Å². The van der Waals surface area contributed by atoms with E-state index in [1.807, 2.05) is 18.5 Å². The molecule has 1 atom stereocenters. The van der Waals surface area contributed by atoms with Gasteiger partial charge in [-0.1, -0.05) is 0 Å². The number of aliphatic hydroxyl groups excluding tert-OH is 1. The molecule has 2 rings (SSSR count). The molecule has 1 aromatic heterocycles. The lowest BCUT2D eigenvalue weighted by atomic mass is 9.97. The quantitative estimate of drug-likeness (QED) is 0.776. The SMILES string of the molecule is CCn1ccnc1C1=CC(O)CCC1. The predicted octanol–water partition coefficient (Wildman–Crippen LogP) is 1.83. The van der Waals surface area contributed by atoms with E-state index in [4.69, 9.17) is 0 Å². The van der Waals surface area contributed by atoms with Gasteiger partial charge in [-0.25, -0.2) is 4.98 Å². The van der Waals surface area contributed by atoms with Gasteiger partial charge in [0.25, 0.3) is 0 Å². The lowest BCUT2D eigenvalue weighted by Gasteiger charge is -2.17. The van der Waals surface area contributed by atoms with E-state index in [1.54, 1.807) is 0 Å². The summed E-state index contributed by atoms with van der Waals surface area (Å²) in [6.07, 6.45) is 8.45. The molecule has 0 bridgehead atoms. The number of allylic oxidation sites excluding steroid dienone is 1. The Kier molecular flexibility index (Phi) is 2.68. The Labute approximate surface area is 84.1 Å². The zero-order valence-electron chi connectivity index (χ0n) is 8.48. The van der Waals surface area contributed by atoms with Crippen LogP contribution < -0.4 is 0 Å². The van der Waals surface area contributed by atoms with Crippen LogP contribution in [0.1, 0.15) is 32.0 Å². The molecule has 1 aliphatic rings. The van der Waals surface area contributed by atoms with Crippen LogP contribution in [0.25, 0.3) is 5.57 Å². The molecular weight excluding hydrogens is 176 g/mol. The normalized spacial score (nSPS) is 22.1. The predicted molar refractivity (Wildman–Crippen MR) is 55.7 cm³/mol. The first kappa shape index (κ1) is 9.46. The molecule has 0 saturated heterocycles. The molecule has 14 heavy (non-hydrogen) atoms. The average molecular weight is 192 g/mol.